The number of rotatable bonds is 7. The van der Waals surface area contributed by atoms with Crippen molar-refractivity contribution in [2.45, 2.75) is 19.2 Å². The molecular weight excluding hydrogens is 400 g/mol. The van der Waals surface area contributed by atoms with Crippen molar-refractivity contribution < 1.29 is 18.3 Å². The zero-order chi connectivity index (χ0) is 21.6. The molecule has 1 saturated heterocycles. The lowest BCUT2D eigenvalue weighted by atomic mass is 10.1. The molecule has 0 aliphatic carbocycles. The predicted molar refractivity (Wildman–Crippen MR) is 115 cm³/mol. The first-order valence-corrected chi connectivity index (χ1v) is 10.1. The minimum Gasteiger partial charge on any atom is -0.489 e. The van der Waals surface area contributed by atoms with Crippen LogP contribution in [-0.2, 0) is 13.2 Å². The van der Waals surface area contributed by atoms with Crippen LogP contribution in [0.4, 0.5) is 19.3 Å². The summed E-state index contributed by atoms with van der Waals surface area (Å²) in [6.45, 7) is 1.51. The van der Waals surface area contributed by atoms with Crippen molar-refractivity contribution in [1.29, 1.82) is 0 Å². The summed E-state index contributed by atoms with van der Waals surface area (Å²) in [5.41, 5.74) is 1.76. The molecule has 0 bridgehead atoms. The van der Waals surface area contributed by atoms with Gasteiger partial charge >= 0.3 is 6.03 Å². The molecule has 0 atom stereocenters. The largest absolute Gasteiger partial charge is 0.489 e. The van der Waals surface area contributed by atoms with Gasteiger partial charge in [-0.1, -0.05) is 36.4 Å². The van der Waals surface area contributed by atoms with Gasteiger partial charge in [0.2, 0.25) is 0 Å². The summed E-state index contributed by atoms with van der Waals surface area (Å²) in [6.07, 6.45) is 0. The molecular formula is C24H23F2N3O2. The molecule has 0 radical (unpaired) electrons. The summed E-state index contributed by atoms with van der Waals surface area (Å²) in [5.74, 6) is -0.425. The molecule has 1 heterocycles. The highest BCUT2D eigenvalue weighted by Crippen LogP contribution is 2.19. The van der Waals surface area contributed by atoms with Crippen LogP contribution in [0.5, 0.6) is 5.75 Å². The van der Waals surface area contributed by atoms with E-state index in [0.29, 0.717) is 25.4 Å². The van der Waals surface area contributed by atoms with Crippen molar-refractivity contribution in [3.63, 3.8) is 0 Å². The molecule has 1 aliphatic heterocycles. The van der Waals surface area contributed by atoms with Crippen LogP contribution in [0, 0.1) is 11.6 Å². The summed E-state index contributed by atoms with van der Waals surface area (Å²) in [5, 5.41) is 5.92. The lowest BCUT2D eigenvalue weighted by molar-refractivity contribution is 0.148. The Bertz CT molecular complexity index is 1000. The third-order valence-electron chi connectivity index (χ3n) is 5.15. The lowest BCUT2D eigenvalue weighted by Crippen LogP contribution is -2.60. The fraction of sp³-hybridized carbons (Fsp3) is 0.208. The Morgan fingerprint density at radius 1 is 0.935 bits per heavy atom. The first-order valence-electron chi connectivity index (χ1n) is 10.1. The highest BCUT2D eigenvalue weighted by atomic mass is 19.1. The average molecular weight is 423 g/mol. The highest BCUT2D eigenvalue weighted by molar-refractivity contribution is 5.90. The smallest absolute Gasteiger partial charge is 0.321 e. The maximum absolute atomic E-state index is 13.7. The van der Waals surface area contributed by atoms with Gasteiger partial charge in [0.1, 0.15) is 24.0 Å². The van der Waals surface area contributed by atoms with Crippen LogP contribution in [0.15, 0.2) is 72.8 Å². The van der Waals surface area contributed by atoms with Crippen molar-refractivity contribution in [2.75, 3.05) is 18.4 Å². The summed E-state index contributed by atoms with van der Waals surface area (Å²) in [7, 11) is 0. The first kappa shape index (κ1) is 20.8. The number of urea groups is 1. The van der Waals surface area contributed by atoms with Gasteiger partial charge in [0, 0.05) is 36.9 Å². The third-order valence-corrected chi connectivity index (χ3v) is 5.15. The fourth-order valence-corrected chi connectivity index (χ4v) is 3.30. The molecule has 2 amide bonds. The molecule has 3 aromatic rings. The second-order valence-corrected chi connectivity index (χ2v) is 7.41. The van der Waals surface area contributed by atoms with Crippen molar-refractivity contribution in [3.05, 3.63) is 95.6 Å². The van der Waals surface area contributed by atoms with Gasteiger partial charge in [-0.3, -0.25) is 0 Å². The molecule has 0 spiro atoms. The van der Waals surface area contributed by atoms with E-state index < -0.39 is 11.6 Å². The molecule has 31 heavy (non-hydrogen) atoms. The number of nitrogens with zero attached hydrogens (tertiary/aromatic N) is 1. The quantitative estimate of drug-likeness (QED) is 0.586. The number of halogens is 2. The van der Waals surface area contributed by atoms with Crippen LogP contribution < -0.4 is 15.4 Å². The normalized spacial score (nSPS) is 13.5. The Kier molecular flexibility index (Phi) is 6.43. The third kappa shape index (κ3) is 5.38. The topological polar surface area (TPSA) is 53.6 Å². The van der Waals surface area contributed by atoms with Crippen LogP contribution in [0.2, 0.25) is 0 Å². The molecule has 0 saturated carbocycles. The van der Waals surface area contributed by atoms with Gasteiger partial charge in [-0.2, -0.15) is 0 Å². The molecule has 1 aliphatic rings. The van der Waals surface area contributed by atoms with Crippen LogP contribution >= 0.6 is 0 Å². The lowest BCUT2D eigenvalue weighted by Gasteiger charge is -2.39. The Morgan fingerprint density at radius 2 is 1.61 bits per heavy atom. The van der Waals surface area contributed by atoms with Crippen molar-refractivity contribution in [3.8, 4) is 5.75 Å². The Hall–Kier alpha value is -3.45. The zero-order valence-corrected chi connectivity index (χ0v) is 16.9. The molecule has 2 N–H and O–H groups in total. The molecule has 5 nitrogen and oxygen atoms in total. The van der Waals surface area contributed by atoms with Gasteiger partial charge in [0.25, 0.3) is 0 Å². The van der Waals surface area contributed by atoms with Crippen molar-refractivity contribution in [2.24, 2.45) is 0 Å². The number of hydrogen-bond donors (Lipinski definition) is 2. The number of hydrogen-bond acceptors (Lipinski definition) is 3. The van der Waals surface area contributed by atoms with E-state index in [4.69, 9.17) is 4.74 Å². The van der Waals surface area contributed by atoms with Crippen molar-refractivity contribution in [1.82, 2.24) is 10.2 Å². The van der Waals surface area contributed by atoms with Crippen LogP contribution in [0.3, 0.4) is 0 Å². The minimum absolute atomic E-state index is 0.00137. The van der Waals surface area contributed by atoms with Crippen molar-refractivity contribution >= 4 is 11.7 Å². The van der Waals surface area contributed by atoms with Gasteiger partial charge in [0.15, 0.2) is 0 Å². The molecule has 4 rings (SSSR count). The van der Waals surface area contributed by atoms with Gasteiger partial charge in [-0.25, -0.2) is 13.6 Å². The van der Waals surface area contributed by atoms with E-state index in [1.807, 2.05) is 42.5 Å². The van der Waals surface area contributed by atoms with Crippen LogP contribution in [0.1, 0.15) is 11.1 Å². The van der Waals surface area contributed by atoms with E-state index >= 15 is 0 Å². The standard InChI is InChI=1S/C24H23F2N3O2/c25-22-7-4-8-23(26)21(22)13-27-19-14-29(15-19)24(30)28-18-9-11-20(12-10-18)31-16-17-5-2-1-3-6-17/h1-12,19,27H,13-16H2,(H,28,30). The second-order valence-electron chi connectivity index (χ2n) is 7.41. The van der Waals surface area contributed by atoms with Gasteiger partial charge < -0.3 is 20.3 Å². The maximum Gasteiger partial charge on any atom is 0.321 e. The monoisotopic (exact) mass is 423 g/mol. The number of amides is 2. The molecule has 0 unspecified atom stereocenters. The number of ether oxygens (including phenoxy) is 1. The average Bonchev–Trinajstić information content (AvgIpc) is 2.74. The predicted octanol–water partition coefficient (Wildman–Crippen LogP) is 4.55. The van der Waals surface area contributed by atoms with Crippen LogP contribution in [-0.4, -0.2) is 30.1 Å². The highest BCUT2D eigenvalue weighted by Gasteiger charge is 2.30. The number of anilines is 1. The fourth-order valence-electron chi connectivity index (χ4n) is 3.30. The molecule has 0 aromatic heterocycles. The Balaban J connectivity index is 1.20. The molecule has 7 heteroatoms. The van der Waals surface area contributed by atoms with E-state index in [2.05, 4.69) is 10.6 Å². The van der Waals surface area contributed by atoms with Gasteiger partial charge in [-0.15, -0.1) is 0 Å². The zero-order valence-electron chi connectivity index (χ0n) is 16.9. The maximum atomic E-state index is 13.7. The first-order chi connectivity index (χ1) is 15.1. The Labute approximate surface area is 179 Å². The SMILES string of the molecule is O=C(Nc1ccc(OCc2ccccc2)cc1)N1CC(NCc2c(F)cccc2F)C1. The number of carbonyl (C=O) groups excluding carboxylic acids is 1. The number of carbonyl (C=O) groups is 1. The number of likely N-dealkylation sites (tertiary alicyclic amines) is 1. The van der Waals surface area contributed by atoms with E-state index in [1.54, 1.807) is 17.0 Å². The van der Waals surface area contributed by atoms with E-state index in [9.17, 15) is 13.6 Å². The van der Waals surface area contributed by atoms with Crippen LogP contribution in [0.25, 0.3) is 0 Å². The summed E-state index contributed by atoms with van der Waals surface area (Å²) in [4.78, 5) is 14.0. The summed E-state index contributed by atoms with van der Waals surface area (Å²) < 4.78 is 33.1. The number of benzene rings is 3. The van der Waals surface area contributed by atoms with Gasteiger partial charge in [-0.05, 0) is 42.0 Å². The summed E-state index contributed by atoms with van der Waals surface area (Å²) >= 11 is 0. The van der Waals surface area contributed by atoms with E-state index in [1.165, 1.54) is 18.2 Å². The van der Waals surface area contributed by atoms with E-state index in [-0.39, 0.29) is 24.2 Å². The molecule has 160 valence electrons. The molecule has 1 fully saturated rings. The molecule has 3 aromatic carbocycles. The second kappa shape index (κ2) is 9.57. The minimum atomic E-state index is -0.572. The van der Waals surface area contributed by atoms with Gasteiger partial charge in [0.05, 0.1) is 0 Å². The van der Waals surface area contributed by atoms with E-state index in [0.717, 1.165) is 11.3 Å². The number of nitrogens with one attached hydrogen (secondary N) is 2. The Morgan fingerprint density at radius 3 is 2.29 bits per heavy atom. The summed E-state index contributed by atoms with van der Waals surface area (Å²) in [6, 6.07) is 20.7.